The van der Waals surface area contributed by atoms with Gasteiger partial charge in [-0.15, -0.1) is 11.3 Å². The van der Waals surface area contributed by atoms with Crippen LogP contribution >= 0.6 is 11.3 Å². The van der Waals surface area contributed by atoms with E-state index in [1.54, 1.807) is 11.0 Å². The highest BCUT2D eigenvalue weighted by molar-refractivity contribution is 7.17. The van der Waals surface area contributed by atoms with Gasteiger partial charge < -0.3 is 19.5 Å². The minimum atomic E-state index is -1.02. The summed E-state index contributed by atoms with van der Waals surface area (Å²) in [5, 5.41) is 11.2. The highest BCUT2D eigenvalue weighted by Crippen LogP contribution is 2.38. The lowest BCUT2D eigenvalue weighted by atomic mass is 9.79. The third kappa shape index (κ3) is 6.65. The zero-order chi connectivity index (χ0) is 25.8. The van der Waals surface area contributed by atoms with Crippen molar-refractivity contribution in [3.63, 3.8) is 0 Å². The predicted molar refractivity (Wildman–Crippen MR) is 135 cm³/mol. The average molecular weight is 504 g/mol. The third-order valence-corrected chi connectivity index (χ3v) is 7.93. The summed E-state index contributed by atoms with van der Waals surface area (Å²) in [6, 6.07) is 1.39. The van der Waals surface area contributed by atoms with Crippen LogP contribution in [0.4, 0.5) is 5.00 Å². The molecule has 0 aliphatic heterocycles. The Balaban J connectivity index is 1.98. The van der Waals surface area contributed by atoms with E-state index in [9.17, 15) is 19.5 Å². The smallest absolute Gasteiger partial charge is 0.340 e. The molecule has 3 atom stereocenters. The van der Waals surface area contributed by atoms with Crippen LogP contribution in [0.5, 0.6) is 0 Å². The Morgan fingerprint density at radius 1 is 1.20 bits per heavy atom. The Kier molecular flexibility index (Phi) is 9.00. The second-order valence-electron chi connectivity index (χ2n) is 10.1. The standard InChI is InChI=1S/C27H37NO6S/c1-17(2)28(24(30)21-10-9-18(3)15-23(21)34-19(4)29)25-22(26(31)33-5)16-20(35-25)11-14-27(32)12-7-6-8-13-27/h16-18,21,23,32H,6-10,12-13,15H2,1-5H3/t18-,21-,23+/m1/s1. The number of aliphatic hydroxyl groups is 1. The number of anilines is 1. The quantitative estimate of drug-likeness (QED) is 0.463. The molecule has 1 heterocycles. The van der Waals surface area contributed by atoms with Crippen LogP contribution in [0.3, 0.4) is 0 Å². The van der Waals surface area contributed by atoms with Crippen molar-refractivity contribution in [3.05, 3.63) is 16.5 Å². The normalized spacial score (nSPS) is 23.7. The van der Waals surface area contributed by atoms with Crippen molar-refractivity contribution in [3.8, 4) is 11.8 Å². The van der Waals surface area contributed by atoms with Gasteiger partial charge in [-0.25, -0.2) is 4.79 Å². The van der Waals surface area contributed by atoms with Gasteiger partial charge in [0.25, 0.3) is 0 Å². The molecule has 2 saturated carbocycles. The fourth-order valence-corrected chi connectivity index (χ4v) is 6.18. The van der Waals surface area contributed by atoms with E-state index in [0.29, 0.717) is 41.5 Å². The maximum atomic E-state index is 13.9. The molecule has 0 bridgehead atoms. The second kappa shape index (κ2) is 11.6. The van der Waals surface area contributed by atoms with E-state index < -0.39 is 29.6 Å². The molecular weight excluding hydrogens is 466 g/mol. The van der Waals surface area contributed by atoms with Gasteiger partial charge in [0.1, 0.15) is 16.7 Å². The summed E-state index contributed by atoms with van der Waals surface area (Å²) < 4.78 is 10.6. The molecular formula is C27H37NO6S. The molecule has 8 heteroatoms. The van der Waals surface area contributed by atoms with Crippen molar-refractivity contribution in [1.82, 2.24) is 0 Å². The first-order valence-electron chi connectivity index (χ1n) is 12.5. The van der Waals surface area contributed by atoms with Crippen molar-refractivity contribution in [2.75, 3.05) is 12.0 Å². The van der Waals surface area contributed by atoms with Crippen molar-refractivity contribution < 1.29 is 29.0 Å². The molecule has 1 amide bonds. The number of ether oxygens (including phenoxy) is 2. The molecule has 3 rings (SSSR count). The maximum absolute atomic E-state index is 13.9. The Hall–Kier alpha value is -2.37. The van der Waals surface area contributed by atoms with Crippen LogP contribution in [-0.2, 0) is 19.1 Å². The largest absolute Gasteiger partial charge is 0.465 e. The van der Waals surface area contributed by atoms with Gasteiger partial charge in [-0.1, -0.05) is 25.2 Å². The van der Waals surface area contributed by atoms with Gasteiger partial charge in [0.15, 0.2) is 0 Å². The fourth-order valence-electron chi connectivity index (χ4n) is 5.04. The lowest BCUT2D eigenvalue weighted by Gasteiger charge is -2.37. The Labute approximate surface area is 212 Å². The van der Waals surface area contributed by atoms with Crippen LogP contribution in [0, 0.1) is 23.7 Å². The molecule has 0 radical (unpaired) electrons. The van der Waals surface area contributed by atoms with Crippen LogP contribution in [0.1, 0.15) is 94.3 Å². The summed E-state index contributed by atoms with van der Waals surface area (Å²) >= 11 is 1.25. The van der Waals surface area contributed by atoms with Crippen LogP contribution in [-0.4, -0.2) is 47.8 Å². The zero-order valence-corrected chi connectivity index (χ0v) is 22.2. The van der Waals surface area contributed by atoms with E-state index >= 15 is 0 Å². The van der Waals surface area contributed by atoms with Crippen molar-refractivity contribution in [1.29, 1.82) is 0 Å². The first-order valence-corrected chi connectivity index (χ1v) is 13.3. The molecule has 0 aromatic carbocycles. The van der Waals surface area contributed by atoms with Gasteiger partial charge in [0, 0.05) is 13.0 Å². The third-order valence-electron chi connectivity index (χ3n) is 6.88. The number of amides is 1. The van der Waals surface area contributed by atoms with E-state index in [-0.39, 0.29) is 17.5 Å². The fraction of sp³-hybridized carbons (Fsp3) is 0.667. The summed E-state index contributed by atoms with van der Waals surface area (Å²) in [5.41, 5.74) is -0.745. The summed E-state index contributed by atoms with van der Waals surface area (Å²) in [5.74, 6) is 4.81. The number of methoxy groups -OCH3 is 1. The molecule has 2 fully saturated rings. The van der Waals surface area contributed by atoms with Crippen molar-refractivity contribution in [2.24, 2.45) is 11.8 Å². The zero-order valence-electron chi connectivity index (χ0n) is 21.4. The number of hydrogen-bond donors (Lipinski definition) is 1. The van der Waals surface area contributed by atoms with E-state index in [1.807, 2.05) is 13.8 Å². The number of thiophene rings is 1. The Bertz CT molecular complexity index is 997. The SMILES string of the molecule is COC(=O)c1cc(C#CC2(O)CCCCC2)sc1N(C(=O)[C@@H]1CC[C@@H](C)C[C@@H]1OC(C)=O)C(C)C. The maximum Gasteiger partial charge on any atom is 0.340 e. The van der Waals surface area contributed by atoms with Gasteiger partial charge in [0.05, 0.1) is 23.5 Å². The van der Waals surface area contributed by atoms with Gasteiger partial charge in [-0.3, -0.25) is 9.59 Å². The first kappa shape index (κ1) is 27.2. The van der Waals surface area contributed by atoms with E-state index in [0.717, 1.165) is 25.7 Å². The van der Waals surface area contributed by atoms with Crippen LogP contribution in [0.25, 0.3) is 0 Å². The summed E-state index contributed by atoms with van der Waals surface area (Å²) in [7, 11) is 1.31. The number of hydrogen-bond acceptors (Lipinski definition) is 7. The average Bonchev–Trinajstić information content (AvgIpc) is 3.21. The summed E-state index contributed by atoms with van der Waals surface area (Å²) in [6.07, 6.45) is 5.85. The molecule has 2 aliphatic rings. The number of esters is 2. The molecule has 192 valence electrons. The van der Waals surface area contributed by atoms with Crippen LogP contribution in [0.2, 0.25) is 0 Å². The van der Waals surface area contributed by atoms with E-state index in [4.69, 9.17) is 9.47 Å². The van der Waals surface area contributed by atoms with Gasteiger partial charge in [-0.2, -0.15) is 0 Å². The first-order chi connectivity index (χ1) is 16.5. The molecule has 7 nitrogen and oxygen atoms in total. The minimum absolute atomic E-state index is 0.171. The number of carbonyl (C=O) groups is 3. The molecule has 0 saturated heterocycles. The highest BCUT2D eigenvalue weighted by Gasteiger charge is 2.40. The minimum Gasteiger partial charge on any atom is -0.465 e. The van der Waals surface area contributed by atoms with Gasteiger partial charge in [-0.05, 0) is 70.8 Å². The van der Waals surface area contributed by atoms with Crippen LogP contribution < -0.4 is 4.90 Å². The molecule has 2 aliphatic carbocycles. The highest BCUT2D eigenvalue weighted by atomic mass is 32.1. The number of rotatable bonds is 5. The Morgan fingerprint density at radius 2 is 1.89 bits per heavy atom. The molecule has 0 unspecified atom stereocenters. The Morgan fingerprint density at radius 3 is 2.49 bits per heavy atom. The van der Waals surface area contributed by atoms with E-state index in [1.165, 1.54) is 25.4 Å². The van der Waals surface area contributed by atoms with Crippen molar-refractivity contribution in [2.45, 2.75) is 96.8 Å². The number of carbonyl (C=O) groups excluding carboxylic acids is 3. The lowest BCUT2D eigenvalue weighted by molar-refractivity contribution is -0.154. The monoisotopic (exact) mass is 503 g/mol. The van der Waals surface area contributed by atoms with Crippen LogP contribution in [0.15, 0.2) is 6.07 Å². The molecule has 35 heavy (non-hydrogen) atoms. The predicted octanol–water partition coefficient (Wildman–Crippen LogP) is 4.69. The molecule has 1 aromatic rings. The van der Waals surface area contributed by atoms with Crippen molar-refractivity contribution >= 4 is 34.2 Å². The lowest BCUT2D eigenvalue weighted by Crippen LogP contribution is -2.47. The summed E-state index contributed by atoms with van der Waals surface area (Å²) in [4.78, 5) is 40.5. The second-order valence-corrected chi connectivity index (χ2v) is 11.2. The summed E-state index contributed by atoms with van der Waals surface area (Å²) in [6.45, 7) is 7.24. The molecule has 1 aromatic heterocycles. The molecule has 1 N–H and O–H groups in total. The molecule has 0 spiro atoms. The van der Waals surface area contributed by atoms with Gasteiger partial charge >= 0.3 is 11.9 Å². The number of nitrogens with zero attached hydrogens (tertiary/aromatic N) is 1. The topological polar surface area (TPSA) is 93.1 Å². The van der Waals surface area contributed by atoms with Gasteiger partial charge in [0.2, 0.25) is 5.91 Å². The van der Waals surface area contributed by atoms with E-state index in [2.05, 4.69) is 18.8 Å².